The van der Waals surface area contributed by atoms with Gasteiger partial charge >= 0.3 is 0 Å². The third-order valence-electron chi connectivity index (χ3n) is 6.65. The summed E-state index contributed by atoms with van der Waals surface area (Å²) >= 11 is 0. The second-order valence-electron chi connectivity index (χ2n) is 8.06. The Balaban J connectivity index is 1.56. The molecule has 2 unspecified atom stereocenters. The molecule has 2 atom stereocenters. The predicted molar refractivity (Wildman–Crippen MR) is 95.8 cm³/mol. The van der Waals surface area contributed by atoms with Crippen LogP contribution in [0, 0.1) is 5.82 Å². The van der Waals surface area contributed by atoms with Crippen molar-refractivity contribution in [3.63, 3.8) is 0 Å². The van der Waals surface area contributed by atoms with Crippen LogP contribution in [0.5, 0.6) is 0 Å². The smallest absolute Gasteiger partial charge is 0.237 e. The van der Waals surface area contributed by atoms with Crippen molar-refractivity contribution >= 4 is 17.3 Å². The molecule has 2 bridgehead atoms. The highest BCUT2D eigenvalue weighted by molar-refractivity contribution is 6.08. The van der Waals surface area contributed by atoms with Crippen molar-refractivity contribution < 1.29 is 9.18 Å². The van der Waals surface area contributed by atoms with E-state index in [9.17, 15) is 4.79 Å². The molecule has 1 amide bonds. The van der Waals surface area contributed by atoms with Crippen LogP contribution >= 0.6 is 0 Å². The van der Waals surface area contributed by atoms with Crippen molar-refractivity contribution in [2.75, 3.05) is 43.0 Å². The average Bonchev–Trinajstić information content (AvgIpc) is 3.06. The molecule has 5 rings (SSSR count). The van der Waals surface area contributed by atoms with E-state index >= 15 is 4.39 Å². The second kappa shape index (κ2) is 5.42. The normalized spacial score (nSPS) is 30.2. The van der Waals surface area contributed by atoms with Gasteiger partial charge in [-0.1, -0.05) is 0 Å². The lowest BCUT2D eigenvalue weighted by Crippen LogP contribution is -2.51. The summed E-state index contributed by atoms with van der Waals surface area (Å²) in [6.45, 7) is 3.37. The lowest BCUT2D eigenvalue weighted by atomic mass is 9.74. The highest BCUT2D eigenvalue weighted by Gasteiger charge is 2.52. The van der Waals surface area contributed by atoms with Crippen molar-refractivity contribution in [3.8, 4) is 0 Å². The Kier molecular flexibility index (Phi) is 3.38. The van der Waals surface area contributed by atoms with Crippen LogP contribution in [-0.2, 0) is 10.2 Å². The summed E-state index contributed by atoms with van der Waals surface area (Å²) < 4.78 is 15.3. The van der Waals surface area contributed by atoms with E-state index in [4.69, 9.17) is 0 Å². The Labute approximate surface area is 147 Å². The number of anilines is 2. The molecule has 0 saturated carbocycles. The number of hydrogen-bond acceptors (Lipinski definition) is 4. The first-order chi connectivity index (χ1) is 12.1. The van der Waals surface area contributed by atoms with Crippen LogP contribution in [0.15, 0.2) is 12.1 Å². The maximum atomic E-state index is 15.3. The fourth-order valence-electron chi connectivity index (χ4n) is 5.36. The molecule has 4 heterocycles. The maximum absolute atomic E-state index is 15.3. The molecule has 5 nitrogen and oxygen atoms in total. The molecule has 0 radical (unpaired) electrons. The molecule has 1 aromatic carbocycles. The van der Waals surface area contributed by atoms with E-state index in [0.717, 1.165) is 37.6 Å². The van der Waals surface area contributed by atoms with Crippen molar-refractivity contribution in [1.82, 2.24) is 10.6 Å². The van der Waals surface area contributed by atoms with Crippen LogP contribution in [0.3, 0.4) is 0 Å². The molecule has 6 heteroatoms. The van der Waals surface area contributed by atoms with Gasteiger partial charge in [-0.2, -0.15) is 0 Å². The minimum atomic E-state index is -0.666. The number of carbonyl (C=O) groups is 1. The van der Waals surface area contributed by atoms with Crippen LogP contribution in [0.1, 0.15) is 31.2 Å². The first-order valence-electron chi connectivity index (χ1n) is 9.42. The van der Waals surface area contributed by atoms with E-state index < -0.39 is 5.41 Å². The predicted octanol–water partition coefficient (Wildman–Crippen LogP) is 1.36. The van der Waals surface area contributed by atoms with Gasteiger partial charge in [0, 0.05) is 43.5 Å². The van der Waals surface area contributed by atoms with Gasteiger partial charge in [-0.15, -0.1) is 0 Å². The summed E-state index contributed by atoms with van der Waals surface area (Å²) in [5, 5.41) is 6.91. The Morgan fingerprint density at radius 1 is 1.16 bits per heavy atom. The average molecular weight is 344 g/mol. The molecule has 134 valence electrons. The van der Waals surface area contributed by atoms with Gasteiger partial charge in [0.05, 0.1) is 11.1 Å². The Morgan fingerprint density at radius 2 is 1.84 bits per heavy atom. The van der Waals surface area contributed by atoms with E-state index in [1.54, 1.807) is 18.0 Å². The van der Waals surface area contributed by atoms with Crippen molar-refractivity contribution in [3.05, 3.63) is 23.5 Å². The van der Waals surface area contributed by atoms with Gasteiger partial charge < -0.3 is 20.4 Å². The van der Waals surface area contributed by atoms with E-state index in [2.05, 4.69) is 15.5 Å². The summed E-state index contributed by atoms with van der Waals surface area (Å²) in [4.78, 5) is 17.0. The maximum Gasteiger partial charge on any atom is 0.237 e. The molecule has 3 saturated heterocycles. The van der Waals surface area contributed by atoms with Crippen LogP contribution in [-0.4, -0.2) is 51.2 Å². The number of nitrogens with zero attached hydrogens (tertiary/aromatic N) is 2. The third kappa shape index (κ3) is 2.16. The van der Waals surface area contributed by atoms with Crippen molar-refractivity contribution in [1.29, 1.82) is 0 Å². The zero-order valence-electron chi connectivity index (χ0n) is 14.6. The molecule has 25 heavy (non-hydrogen) atoms. The van der Waals surface area contributed by atoms with Gasteiger partial charge in [0.25, 0.3) is 0 Å². The quantitative estimate of drug-likeness (QED) is 0.808. The molecule has 1 spiro atoms. The topological polar surface area (TPSA) is 47.6 Å². The van der Waals surface area contributed by atoms with Gasteiger partial charge in [0.15, 0.2) is 0 Å². The number of amides is 1. The summed E-state index contributed by atoms with van der Waals surface area (Å²) in [5.41, 5.74) is 1.65. The first-order valence-corrected chi connectivity index (χ1v) is 9.42. The number of hydrogen-bond donors (Lipinski definition) is 2. The fraction of sp³-hybridized carbons (Fsp3) is 0.632. The molecular formula is C19H25FN4O. The Bertz CT molecular complexity index is 718. The molecular weight excluding hydrogens is 319 g/mol. The minimum absolute atomic E-state index is 0.0560. The van der Waals surface area contributed by atoms with Gasteiger partial charge in [-0.05, 0) is 50.9 Å². The van der Waals surface area contributed by atoms with E-state index in [-0.39, 0.29) is 11.7 Å². The zero-order valence-corrected chi connectivity index (χ0v) is 14.6. The second-order valence-corrected chi connectivity index (χ2v) is 8.06. The van der Waals surface area contributed by atoms with E-state index in [0.29, 0.717) is 30.5 Å². The monoisotopic (exact) mass is 344 g/mol. The highest BCUT2D eigenvalue weighted by Crippen LogP contribution is 2.49. The zero-order chi connectivity index (χ0) is 17.2. The van der Waals surface area contributed by atoms with Crippen LogP contribution in [0.25, 0.3) is 0 Å². The van der Waals surface area contributed by atoms with Crippen LogP contribution < -0.4 is 20.4 Å². The summed E-state index contributed by atoms with van der Waals surface area (Å²) in [7, 11) is 1.79. The largest absolute Gasteiger partial charge is 0.368 e. The van der Waals surface area contributed by atoms with Gasteiger partial charge in [0.2, 0.25) is 5.91 Å². The first kappa shape index (κ1) is 15.6. The third-order valence-corrected chi connectivity index (χ3v) is 6.65. The van der Waals surface area contributed by atoms with E-state index in [1.165, 1.54) is 12.8 Å². The number of fused-ring (bicyclic) bond motifs is 4. The van der Waals surface area contributed by atoms with Gasteiger partial charge in [-0.25, -0.2) is 4.39 Å². The SMILES string of the molecule is CN1C(=O)C2(CCNCC2)c2c(F)cc(N3CC4CCC(C3)N4)cc21. The molecule has 2 N–H and O–H groups in total. The van der Waals surface area contributed by atoms with Gasteiger partial charge in [-0.3, -0.25) is 4.79 Å². The molecule has 0 aromatic heterocycles. The van der Waals surface area contributed by atoms with Crippen molar-refractivity contribution in [2.24, 2.45) is 0 Å². The molecule has 0 aliphatic carbocycles. The summed E-state index contributed by atoms with van der Waals surface area (Å²) in [5.74, 6) is -0.154. The number of piperidine rings is 1. The fourth-order valence-corrected chi connectivity index (χ4v) is 5.36. The lowest BCUT2D eigenvalue weighted by Gasteiger charge is -2.35. The number of benzene rings is 1. The molecule has 4 aliphatic heterocycles. The Morgan fingerprint density at radius 3 is 2.52 bits per heavy atom. The Hall–Kier alpha value is -1.66. The number of halogens is 1. The highest BCUT2D eigenvalue weighted by atomic mass is 19.1. The van der Waals surface area contributed by atoms with Gasteiger partial charge in [0.1, 0.15) is 5.82 Å². The minimum Gasteiger partial charge on any atom is -0.368 e. The van der Waals surface area contributed by atoms with E-state index in [1.807, 2.05) is 6.07 Å². The summed E-state index contributed by atoms with van der Waals surface area (Å²) in [6, 6.07) is 4.72. The number of nitrogens with one attached hydrogen (secondary N) is 2. The molecule has 4 aliphatic rings. The summed E-state index contributed by atoms with van der Waals surface area (Å²) in [6.07, 6.45) is 3.75. The van der Waals surface area contributed by atoms with Crippen LogP contribution in [0.4, 0.5) is 15.8 Å². The number of piperazine rings is 1. The number of carbonyl (C=O) groups excluding carboxylic acids is 1. The number of rotatable bonds is 1. The van der Waals surface area contributed by atoms with Crippen molar-refractivity contribution in [2.45, 2.75) is 43.2 Å². The van der Waals surface area contributed by atoms with Crippen LogP contribution in [0.2, 0.25) is 0 Å². The molecule has 1 aromatic rings. The lowest BCUT2D eigenvalue weighted by molar-refractivity contribution is -0.123. The molecule has 3 fully saturated rings. The number of likely N-dealkylation sites (N-methyl/N-ethyl adjacent to an activating group) is 1. The standard InChI is InChI=1S/C19H25FN4O/c1-23-16-9-14(24-10-12-2-3-13(11-24)22-12)8-15(20)17(16)19(18(23)25)4-6-21-7-5-19/h8-9,12-13,21-22H,2-7,10-11H2,1H3.